The third kappa shape index (κ3) is 3.41. The van der Waals surface area contributed by atoms with Crippen LogP contribution in [0.2, 0.25) is 0 Å². The summed E-state index contributed by atoms with van der Waals surface area (Å²) in [6, 6.07) is 3.31. The van der Waals surface area contributed by atoms with Gasteiger partial charge in [-0.1, -0.05) is 13.3 Å². The van der Waals surface area contributed by atoms with Gasteiger partial charge in [0.2, 0.25) is 0 Å². The number of hydrogen-bond acceptors (Lipinski definition) is 5. The van der Waals surface area contributed by atoms with E-state index in [4.69, 9.17) is 4.74 Å². The number of carbonyl (C=O) groups excluding carboxylic acids is 1. The molecule has 8 nitrogen and oxygen atoms in total. The second-order valence-electron chi connectivity index (χ2n) is 5.35. The van der Waals surface area contributed by atoms with Crippen LogP contribution in [0.25, 0.3) is 22.2 Å². The summed E-state index contributed by atoms with van der Waals surface area (Å²) in [5, 5.41) is 14.2. The van der Waals surface area contributed by atoms with E-state index in [1.54, 1.807) is 18.3 Å². The van der Waals surface area contributed by atoms with Crippen molar-refractivity contribution in [2.24, 2.45) is 0 Å². The highest BCUT2D eigenvalue weighted by Gasteiger charge is 2.19. The number of nitrogens with zero attached hydrogens (tertiary/aromatic N) is 4. The largest absolute Gasteiger partial charge is 0.464 e. The van der Waals surface area contributed by atoms with Crippen molar-refractivity contribution in [3.05, 3.63) is 35.3 Å². The quantitative estimate of drug-likeness (QED) is 0.519. The maximum Gasteiger partial charge on any atom is 0.434 e. The first kappa shape index (κ1) is 17.2. The fourth-order valence-corrected chi connectivity index (χ4v) is 2.74. The third-order valence-electron chi connectivity index (χ3n) is 3.63. The zero-order valence-electron chi connectivity index (χ0n) is 13.3. The molecule has 0 saturated heterocycles. The highest BCUT2D eigenvalue weighted by molar-refractivity contribution is 9.10. The number of unbranched alkanes of at least 4 members (excludes halogenated alkanes) is 1. The minimum absolute atomic E-state index is 0.319. The van der Waals surface area contributed by atoms with Crippen LogP contribution in [0.15, 0.2) is 35.3 Å². The normalized spacial score (nSPS) is 11.0. The monoisotopic (exact) mass is 406 g/mol. The first-order valence-corrected chi connectivity index (χ1v) is 8.43. The average molecular weight is 407 g/mol. The fourth-order valence-electron chi connectivity index (χ4n) is 2.42. The van der Waals surface area contributed by atoms with E-state index in [0.29, 0.717) is 33.4 Å². The number of carboxylic acid groups (broad SMARTS) is 1. The molecule has 0 saturated carbocycles. The first-order chi connectivity index (χ1) is 12.0. The van der Waals surface area contributed by atoms with Crippen molar-refractivity contribution in [1.29, 1.82) is 0 Å². The van der Waals surface area contributed by atoms with Gasteiger partial charge in [-0.05, 0) is 34.5 Å². The van der Waals surface area contributed by atoms with Gasteiger partial charge in [-0.2, -0.15) is 9.78 Å². The molecule has 0 fully saturated rings. The molecular weight excluding hydrogens is 392 g/mol. The van der Waals surface area contributed by atoms with Gasteiger partial charge in [0.1, 0.15) is 4.60 Å². The van der Waals surface area contributed by atoms with Crippen molar-refractivity contribution < 1.29 is 19.4 Å². The molecule has 3 aromatic heterocycles. The molecule has 1 N–H and O–H groups in total. The van der Waals surface area contributed by atoms with Crippen molar-refractivity contribution in [2.75, 3.05) is 6.61 Å². The zero-order valence-corrected chi connectivity index (χ0v) is 14.9. The number of halogens is 1. The molecule has 3 heterocycles. The van der Waals surface area contributed by atoms with E-state index in [-0.39, 0.29) is 0 Å². The van der Waals surface area contributed by atoms with Gasteiger partial charge in [-0.15, -0.1) is 0 Å². The first-order valence-electron chi connectivity index (χ1n) is 7.63. The van der Waals surface area contributed by atoms with Crippen LogP contribution < -0.4 is 0 Å². The molecule has 3 aromatic rings. The zero-order chi connectivity index (χ0) is 18.0. The second kappa shape index (κ2) is 7.06. The van der Waals surface area contributed by atoms with Crippen LogP contribution in [0.1, 0.15) is 19.8 Å². The highest BCUT2D eigenvalue weighted by atomic mass is 79.9. The molecule has 0 amide bonds. The van der Waals surface area contributed by atoms with E-state index < -0.39 is 12.2 Å². The van der Waals surface area contributed by atoms with Crippen molar-refractivity contribution in [3.8, 4) is 11.3 Å². The Hall–Kier alpha value is -2.68. The third-order valence-corrected chi connectivity index (χ3v) is 4.07. The predicted molar refractivity (Wildman–Crippen MR) is 93.7 cm³/mol. The Morgan fingerprint density at radius 2 is 2.12 bits per heavy atom. The standard InChI is InChI=1S/C16H15BrN4O4/c1-2-3-4-25-16(24)20-9-11(8-19-20)12-5-10-7-18-14(17)6-13(10)21(12)15(22)23/h5-9H,2-4H2,1H3,(H,22,23). The molecule has 9 heteroatoms. The molecule has 0 bridgehead atoms. The van der Waals surface area contributed by atoms with Gasteiger partial charge in [-0.25, -0.2) is 19.1 Å². The van der Waals surface area contributed by atoms with Crippen LogP contribution in [0, 0.1) is 0 Å². The van der Waals surface area contributed by atoms with Crippen LogP contribution in [0.5, 0.6) is 0 Å². The van der Waals surface area contributed by atoms with Crippen LogP contribution >= 0.6 is 15.9 Å². The van der Waals surface area contributed by atoms with Gasteiger partial charge in [0.25, 0.3) is 0 Å². The van der Waals surface area contributed by atoms with E-state index in [1.807, 2.05) is 6.92 Å². The lowest BCUT2D eigenvalue weighted by Gasteiger charge is -2.03. The maximum atomic E-state index is 11.9. The van der Waals surface area contributed by atoms with Crippen molar-refractivity contribution in [3.63, 3.8) is 0 Å². The fraction of sp³-hybridized carbons (Fsp3) is 0.250. The lowest BCUT2D eigenvalue weighted by molar-refractivity contribution is 0.143. The van der Waals surface area contributed by atoms with Gasteiger partial charge < -0.3 is 9.84 Å². The van der Waals surface area contributed by atoms with E-state index in [1.165, 1.54) is 12.4 Å². The van der Waals surface area contributed by atoms with Crippen molar-refractivity contribution in [1.82, 2.24) is 19.3 Å². The van der Waals surface area contributed by atoms with E-state index in [0.717, 1.165) is 22.1 Å². The molecular formula is C16H15BrN4O4. The lowest BCUT2D eigenvalue weighted by Crippen LogP contribution is -2.14. The van der Waals surface area contributed by atoms with Crippen LogP contribution in [0.3, 0.4) is 0 Å². The van der Waals surface area contributed by atoms with E-state index >= 15 is 0 Å². The lowest BCUT2D eigenvalue weighted by atomic mass is 10.2. The molecule has 0 aliphatic rings. The topological polar surface area (TPSA) is 99.2 Å². The second-order valence-corrected chi connectivity index (χ2v) is 6.17. The summed E-state index contributed by atoms with van der Waals surface area (Å²) >= 11 is 3.24. The van der Waals surface area contributed by atoms with E-state index in [2.05, 4.69) is 26.0 Å². The Balaban J connectivity index is 1.98. The van der Waals surface area contributed by atoms with Gasteiger partial charge in [0.15, 0.2) is 0 Å². The summed E-state index contributed by atoms with van der Waals surface area (Å²) in [6.45, 7) is 2.32. The van der Waals surface area contributed by atoms with Crippen molar-refractivity contribution in [2.45, 2.75) is 19.8 Å². The molecule has 0 radical (unpaired) electrons. The summed E-state index contributed by atoms with van der Waals surface area (Å²) in [5.74, 6) is 0. The number of aromatic nitrogens is 4. The number of carbonyl (C=O) groups is 2. The summed E-state index contributed by atoms with van der Waals surface area (Å²) in [5.41, 5.74) is 1.37. The molecule has 0 aliphatic carbocycles. The summed E-state index contributed by atoms with van der Waals surface area (Å²) in [4.78, 5) is 27.7. The van der Waals surface area contributed by atoms with Crippen LogP contribution in [-0.4, -0.2) is 43.2 Å². The molecule has 3 rings (SSSR count). The summed E-state index contributed by atoms with van der Waals surface area (Å²) in [7, 11) is 0. The minimum atomic E-state index is -1.14. The van der Waals surface area contributed by atoms with Gasteiger partial charge >= 0.3 is 12.2 Å². The van der Waals surface area contributed by atoms with Crippen molar-refractivity contribution >= 4 is 39.0 Å². The molecule has 130 valence electrons. The molecule has 25 heavy (non-hydrogen) atoms. The number of hydrogen-bond donors (Lipinski definition) is 1. The number of fused-ring (bicyclic) bond motifs is 1. The smallest absolute Gasteiger partial charge is 0.434 e. The summed E-state index contributed by atoms with van der Waals surface area (Å²) in [6.07, 6.45) is 4.41. The molecule has 0 aromatic carbocycles. The Bertz CT molecular complexity index is 947. The van der Waals surface area contributed by atoms with Gasteiger partial charge in [-0.3, -0.25) is 0 Å². The Morgan fingerprint density at radius 1 is 1.32 bits per heavy atom. The molecule has 0 unspecified atom stereocenters. The van der Waals surface area contributed by atoms with E-state index in [9.17, 15) is 14.7 Å². The number of ether oxygens (including phenoxy) is 1. The SMILES string of the molecule is CCCCOC(=O)n1cc(-c2cc3cnc(Br)cc3n2C(=O)O)cn1. The maximum absolute atomic E-state index is 11.9. The van der Waals surface area contributed by atoms with Crippen LogP contribution in [0.4, 0.5) is 9.59 Å². The summed E-state index contributed by atoms with van der Waals surface area (Å²) < 4.78 is 7.81. The average Bonchev–Trinajstić information content (AvgIpc) is 3.18. The van der Waals surface area contributed by atoms with Gasteiger partial charge in [0.05, 0.1) is 24.0 Å². The van der Waals surface area contributed by atoms with Crippen LogP contribution in [-0.2, 0) is 4.74 Å². The number of rotatable bonds is 4. The Kier molecular flexibility index (Phi) is 4.84. The minimum Gasteiger partial charge on any atom is -0.464 e. The molecule has 0 spiro atoms. The Labute approximate surface area is 151 Å². The number of pyridine rings is 1. The predicted octanol–water partition coefficient (Wildman–Crippen LogP) is 3.97. The molecule has 0 aliphatic heterocycles. The Morgan fingerprint density at radius 3 is 2.84 bits per heavy atom. The molecule has 0 atom stereocenters. The van der Waals surface area contributed by atoms with Gasteiger partial charge in [0, 0.05) is 23.3 Å². The highest BCUT2D eigenvalue weighted by Crippen LogP contribution is 2.29.